The summed E-state index contributed by atoms with van der Waals surface area (Å²) in [5.41, 5.74) is 3.53. The van der Waals surface area contributed by atoms with E-state index in [1.807, 2.05) is 26.8 Å². The molecule has 0 spiro atoms. The molecule has 0 saturated carbocycles. The van der Waals surface area contributed by atoms with Gasteiger partial charge in [-0.1, -0.05) is 6.07 Å². The maximum atomic E-state index is 13.7. The van der Waals surface area contributed by atoms with Gasteiger partial charge in [0.2, 0.25) is 0 Å². The van der Waals surface area contributed by atoms with E-state index < -0.39 is 35.3 Å². The molecule has 3 aromatic rings. The molecule has 1 aromatic carbocycles. The molecular formula is C21H22F2N4O3. The summed E-state index contributed by atoms with van der Waals surface area (Å²) in [6.45, 7) is 6.96. The minimum atomic E-state index is -1.21. The van der Waals surface area contributed by atoms with Crippen molar-refractivity contribution in [1.29, 1.82) is 0 Å². The van der Waals surface area contributed by atoms with E-state index in [9.17, 15) is 18.4 Å². The highest BCUT2D eigenvalue weighted by molar-refractivity contribution is 5.95. The van der Waals surface area contributed by atoms with Gasteiger partial charge in [-0.15, -0.1) is 0 Å². The summed E-state index contributed by atoms with van der Waals surface area (Å²) in [4.78, 5) is 28.9. The second-order valence-corrected chi connectivity index (χ2v) is 7.03. The molecule has 2 heterocycles. The van der Waals surface area contributed by atoms with E-state index in [0.717, 1.165) is 40.4 Å². The normalized spacial score (nSPS) is 12.1. The summed E-state index contributed by atoms with van der Waals surface area (Å²) < 4.78 is 34.2. The van der Waals surface area contributed by atoms with Crippen molar-refractivity contribution in [2.24, 2.45) is 0 Å². The maximum Gasteiger partial charge on any atom is 0.306 e. The highest BCUT2D eigenvalue weighted by Gasteiger charge is 2.21. The number of amides is 1. The number of rotatable bonds is 6. The van der Waals surface area contributed by atoms with E-state index in [1.54, 1.807) is 4.52 Å². The van der Waals surface area contributed by atoms with Crippen molar-refractivity contribution in [1.82, 2.24) is 14.6 Å². The van der Waals surface area contributed by atoms with Gasteiger partial charge in [0.1, 0.15) is 17.3 Å². The van der Waals surface area contributed by atoms with Crippen molar-refractivity contribution < 1.29 is 23.1 Å². The van der Waals surface area contributed by atoms with Gasteiger partial charge < -0.3 is 10.1 Å². The number of nitrogens with zero attached hydrogens (tertiary/aromatic N) is 3. The Bertz CT molecular complexity index is 1110. The third-order valence-electron chi connectivity index (χ3n) is 4.75. The van der Waals surface area contributed by atoms with Gasteiger partial charge >= 0.3 is 5.97 Å². The lowest BCUT2D eigenvalue weighted by molar-refractivity contribution is -0.153. The number of anilines is 1. The Hall–Kier alpha value is -3.36. The van der Waals surface area contributed by atoms with Crippen LogP contribution in [-0.4, -0.2) is 32.6 Å². The molecule has 30 heavy (non-hydrogen) atoms. The number of para-hydroxylation sites is 1. The van der Waals surface area contributed by atoms with Crippen LogP contribution in [0.5, 0.6) is 0 Å². The third kappa shape index (κ3) is 4.45. The van der Waals surface area contributed by atoms with Crippen LogP contribution in [-0.2, 0) is 20.7 Å². The number of esters is 1. The zero-order chi connectivity index (χ0) is 22.0. The lowest BCUT2D eigenvalue weighted by Gasteiger charge is -2.15. The van der Waals surface area contributed by atoms with Crippen molar-refractivity contribution in [3.05, 3.63) is 58.5 Å². The molecule has 0 aliphatic rings. The van der Waals surface area contributed by atoms with Gasteiger partial charge in [0.05, 0.1) is 5.69 Å². The van der Waals surface area contributed by atoms with E-state index in [1.165, 1.54) is 13.0 Å². The molecule has 0 radical (unpaired) electrons. The number of hydrogen-bond donors (Lipinski definition) is 1. The highest BCUT2D eigenvalue weighted by Crippen LogP contribution is 2.19. The molecule has 0 fully saturated rings. The highest BCUT2D eigenvalue weighted by atomic mass is 19.1. The number of carbonyl (C=O) groups excluding carboxylic acids is 2. The monoisotopic (exact) mass is 416 g/mol. The molecule has 0 bridgehead atoms. The van der Waals surface area contributed by atoms with Gasteiger partial charge in [-0.2, -0.15) is 5.10 Å². The Morgan fingerprint density at radius 2 is 1.87 bits per heavy atom. The average molecular weight is 416 g/mol. The molecule has 1 N–H and O–H groups in total. The predicted octanol–water partition coefficient (Wildman–Crippen LogP) is 3.44. The van der Waals surface area contributed by atoms with Gasteiger partial charge in [-0.3, -0.25) is 9.59 Å². The van der Waals surface area contributed by atoms with Crippen LogP contribution >= 0.6 is 0 Å². The first kappa shape index (κ1) is 21.4. The average Bonchev–Trinajstić information content (AvgIpc) is 3.04. The van der Waals surface area contributed by atoms with Crippen molar-refractivity contribution >= 4 is 23.2 Å². The number of hydrogen-bond acceptors (Lipinski definition) is 5. The Morgan fingerprint density at radius 3 is 2.53 bits per heavy atom. The van der Waals surface area contributed by atoms with Crippen molar-refractivity contribution in [3.8, 4) is 0 Å². The van der Waals surface area contributed by atoms with E-state index in [4.69, 9.17) is 4.74 Å². The van der Waals surface area contributed by atoms with Crippen molar-refractivity contribution in [2.45, 2.75) is 46.6 Å². The number of ether oxygens (including phenoxy) is 1. The first-order chi connectivity index (χ1) is 14.2. The fourth-order valence-electron chi connectivity index (χ4n) is 3.18. The van der Waals surface area contributed by atoms with Crippen LogP contribution in [0.4, 0.5) is 14.5 Å². The molecule has 1 amide bonds. The van der Waals surface area contributed by atoms with Gasteiger partial charge in [-0.05, 0) is 51.8 Å². The van der Waals surface area contributed by atoms with Crippen LogP contribution in [0, 0.1) is 32.4 Å². The lowest BCUT2D eigenvalue weighted by Crippen LogP contribution is -2.30. The summed E-state index contributed by atoms with van der Waals surface area (Å²) in [6.07, 6.45) is -0.844. The molecule has 1 atom stereocenters. The van der Waals surface area contributed by atoms with Crippen LogP contribution in [0.25, 0.3) is 5.65 Å². The lowest BCUT2D eigenvalue weighted by atomic mass is 10.1. The minimum Gasteiger partial charge on any atom is -0.453 e. The molecule has 3 rings (SSSR count). The number of aromatic nitrogens is 3. The fourth-order valence-corrected chi connectivity index (χ4v) is 3.18. The zero-order valence-corrected chi connectivity index (χ0v) is 17.1. The Kier molecular flexibility index (Phi) is 6.09. The van der Waals surface area contributed by atoms with Crippen LogP contribution in [0.2, 0.25) is 0 Å². The molecular weight excluding hydrogens is 394 g/mol. The number of benzene rings is 1. The van der Waals surface area contributed by atoms with E-state index >= 15 is 0 Å². The molecule has 2 aromatic heterocycles. The first-order valence-corrected chi connectivity index (χ1v) is 9.44. The molecule has 0 saturated heterocycles. The van der Waals surface area contributed by atoms with Crippen molar-refractivity contribution in [3.63, 3.8) is 0 Å². The van der Waals surface area contributed by atoms with E-state index in [0.29, 0.717) is 6.42 Å². The summed E-state index contributed by atoms with van der Waals surface area (Å²) >= 11 is 0. The molecule has 0 unspecified atom stereocenters. The zero-order valence-electron chi connectivity index (χ0n) is 17.1. The second-order valence-electron chi connectivity index (χ2n) is 7.03. The summed E-state index contributed by atoms with van der Waals surface area (Å²) in [5.74, 6) is -3.26. The molecule has 7 nitrogen and oxygen atoms in total. The van der Waals surface area contributed by atoms with Gasteiger partial charge in [0.25, 0.3) is 5.91 Å². The number of fused-ring (bicyclic) bond motifs is 1. The van der Waals surface area contributed by atoms with Gasteiger partial charge in [-0.25, -0.2) is 18.3 Å². The van der Waals surface area contributed by atoms with Crippen molar-refractivity contribution in [2.75, 3.05) is 5.32 Å². The standard InChI is InChI=1S/C21H22F2N4O3/c1-11-10-18-24-12(2)15(13(3)27(18)26-11)8-9-19(28)30-14(4)21(29)25-20-16(22)6-5-7-17(20)23/h5-7,10,14H,8-9H2,1-4H3,(H,25,29)/t14-/m0/s1. The van der Waals surface area contributed by atoms with Gasteiger partial charge in [0, 0.05) is 23.9 Å². The third-order valence-corrected chi connectivity index (χ3v) is 4.75. The molecule has 158 valence electrons. The van der Waals surface area contributed by atoms with Gasteiger partial charge in [0.15, 0.2) is 11.8 Å². The Balaban J connectivity index is 1.62. The molecule has 0 aliphatic heterocycles. The van der Waals surface area contributed by atoms with Crippen LogP contribution in [0.1, 0.15) is 36.0 Å². The van der Waals surface area contributed by atoms with Crippen LogP contribution < -0.4 is 5.32 Å². The summed E-state index contributed by atoms with van der Waals surface area (Å²) in [7, 11) is 0. The summed E-state index contributed by atoms with van der Waals surface area (Å²) in [6, 6.07) is 5.10. The smallest absolute Gasteiger partial charge is 0.306 e. The largest absolute Gasteiger partial charge is 0.453 e. The topological polar surface area (TPSA) is 85.6 Å². The van der Waals surface area contributed by atoms with E-state index in [-0.39, 0.29) is 6.42 Å². The quantitative estimate of drug-likeness (QED) is 0.622. The first-order valence-electron chi connectivity index (χ1n) is 9.44. The number of nitrogens with one attached hydrogen (secondary N) is 1. The maximum absolute atomic E-state index is 13.7. The molecule has 9 heteroatoms. The van der Waals surface area contributed by atoms with E-state index in [2.05, 4.69) is 15.4 Å². The number of aryl methyl sites for hydroxylation is 3. The minimum absolute atomic E-state index is 0.0147. The summed E-state index contributed by atoms with van der Waals surface area (Å²) in [5, 5.41) is 6.50. The fraction of sp³-hybridized carbons (Fsp3) is 0.333. The van der Waals surface area contributed by atoms with Crippen LogP contribution in [0.3, 0.4) is 0 Å². The Labute approximate surface area is 172 Å². The number of halogens is 2. The number of carbonyl (C=O) groups is 2. The second kappa shape index (κ2) is 8.56. The van der Waals surface area contributed by atoms with Crippen LogP contribution in [0.15, 0.2) is 24.3 Å². The molecule has 0 aliphatic carbocycles. The predicted molar refractivity (Wildman–Crippen MR) is 106 cm³/mol. The Morgan fingerprint density at radius 1 is 1.20 bits per heavy atom. The SMILES string of the molecule is Cc1cc2nc(C)c(CCC(=O)O[C@@H](C)C(=O)Nc3c(F)cccc3F)c(C)n2n1.